The lowest BCUT2D eigenvalue weighted by Crippen LogP contribution is -2.34. The molecule has 0 saturated carbocycles. The minimum atomic E-state index is 0.0326. The highest BCUT2D eigenvalue weighted by Gasteiger charge is 2.19. The molecule has 1 aliphatic rings. The summed E-state index contributed by atoms with van der Waals surface area (Å²) < 4.78 is 25.3. The predicted molar refractivity (Wildman–Crippen MR) is 130 cm³/mol. The third-order valence-corrected chi connectivity index (χ3v) is 6.42. The van der Waals surface area contributed by atoms with Crippen LogP contribution in [0.15, 0.2) is 48.4 Å². The van der Waals surface area contributed by atoms with Crippen LogP contribution in [0, 0.1) is 0 Å². The van der Waals surface area contributed by atoms with E-state index < -0.39 is 0 Å². The molecule has 0 bridgehead atoms. The number of aromatic nitrogens is 3. The van der Waals surface area contributed by atoms with Gasteiger partial charge >= 0.3 is 0 Å². The zero-order valence-corrected chi connectivity index (χ0v) is 19.3. The number of nitrogens with one attached hydrogen (secondary N) is 2. The minimum absolute atomic E-state index is 0.0326. The molecular weight excluding hydrogens is 438 g/mol. The Hall–Kier alpha value is -3.43. The van der Waals surface area contributed by atoms with E-state index in [2.05, 4.69) is 20.3 Å². The second-order valence-corrected chi connectivity index (χ2v) is 8.52. The number of anilines is 2. The third kappa shape index (κ3) is 4.55. The summed E-state index contributed by atoms with van der Waals surface area (Å²) in [7, 11) is 3.26. The lowest BCUT2D eigenvalue weighted by Gasteiger charge is -2.25. The molecule has 0 aliphatic carbocycles. The summed E-state index contributed by atoms with van der Waals surface area (Å²) in [6, 6.07) is 9.74. The minimum Gasteiger partial charge on any atom is -0.495 e. The zero-order valence-electron chi connectivity index (χ0n) is 19.4. The topological polar surface area (TPSA) is 90.4 Å². The van der Waals surface area contributed by atoms with E-state index in [4.69, 9.17) is 15.6 Å². The molecule has 2 aromatic heterocycles. The Labute approximate surface area is 197 Å². The maximum absolute atomic E-state index is 7.77. The molecule has 33 heavy (non-hydrogen) atoms. The van der Waals surface area contributed by atoms with Crippen LogP contribution in [-0.2, 0) is 0 Å². The van der Waals surface area contributed by atoms with Gasteiger partial charge < -0.3 is 24.8 Å². The van der Waals surface area contributed by atoms with Crippen molar-refractivity contribution in [1.29, 1.82) is 0 Å². The van der Waals surface area contributed by atoms with Crippen LogP contribution in [0.5, 0.6) is 17.2 Å². The molecule has 0 amide bonds. The molecule has 5 rings (SSSR count). The highest BCUT2D eigenvalue weighted by atomic mass is 32.1. The van der Waals surface area contributed by atoms with Crippen LogP contribution in [0.4, 0.5) is 11.5 Å². The number of fused-ring (bicyclic) bond motifs is 1. The smallest absolute Gasteiger partial charge is 0.162 e. The lowest BCUT2D eigenvalue weighted by molar-refractivity contribution is 0.157. The second-order valence-electron chi connectivity index (χ2n) is 7.64. The van der Waals surface area contributed by atoms with E-state index >= 15 is 0 Å². The first-order chi connectivity index (χ1) is 16.6. The summed E-state index contributed by atoms with van der Waals surface area (Å²) in [6.07, 6.45) is 4.99. The summed E-state index contributed by atoms with van der Waals surface area (Å²) >= 11 is 1.58. The van der Waals surface area contributed by atoms with Crippen molar-refractivity contribution in [2.75, 3.05) is 32.6 Å². The van der Waals surface area contributed by atoms with Gasteiger partial charge in [0.25, 0.3) is 0 Å². The van der Waals surface area contributed by atoms with E-state index in [0.29, 0.717) is 36.2 Å². The monoisotopic (exact) mass is 464 g/mol. The Morgan fingerprint density at radius 3 is 2.67 bits per heavy atom. The molecule has 170 valence electrons. The molecule has 1 aliphatic heterocycles. The molecule has 0 unspecified atom stereocenters. The van der Waals surface area contributed by atoms with Gasteiger partial charge in [0.15, 0.2) is 11.5 Å². The van der Waals surface area contributed by atoms with Crippen molar-refractivity contribution in [3.63, 3.8) is 0 Å². The van der Waals surface area contributed by atoms with Crippen molar-refractivity contribution >= 4 is 33.7 Å². The Morgan fingerprint density at radius 2 is 1.91 bits per heavy atom. The van der Waals surface area contributed by atoms with Crippen molar-refractivity contribution in [1.82, 2.24) is 20.3 Å². The Bertz CT molecular complexity index is 1280. The zero-order chi connectivity index (χ0) is 23.5. The van der Waals surface area contributed by atoms with Gasteiger partial charge in [0.05, 0.1) is 35.8 Å². The number of methoxy groups -OCH3 is 2. The highest BCUT2D eigenvalue weighted by molar-refractivity contribution is 7.13. The first kappa shape index (κ1) is 20.2. The van der Waals surface area contributed by atoms with Crippen LogP contribution in [0.1, 0.15) is 12.8 Å². The first-order valence-electron chi connectivity index (χ1n) is 11.2. The van der Waals surface area contributed by atoms with Crippen LogP contribution in [0.25, 0.3) is 21.3 Å². The van der Waals surface area contributed by atoms with Gasteiger partial charge in [-0.1, -0.05) is 0 Å². The van der Waals surface area contributed by atoms with Crippen LogP contribution in [0.3, 0.4) is 0 Å². The van der Waals surface area contributed by atoms with Gasteiger partial charge in [0, 0.05) is 17.6 Å². The highest BCUT2D eigenvalue weighted by Crippen LogP contribution is 2.38. The summed E-state index contributed by atoms with van der Waals surface area (Å²) in [4.78, 5) is 14.2. The van der Waals surface area contributed by atoms with Gasteiger partial charge in [-0.2, -0.15) is 0 Å². The quantitative estimate of drug-likeness (QED) is 0.409. The molecule has 2 N–H and O–H groups in total. The molecule has 1 fully saturated rings. The van der Waals surface area contributed by atoms with E-state index in [9.17, 15) is 0 Å². The fourth-order valence-corrected chi connectivity index (χ4v) is 4.50. The van der Waals surface area contributed by atoms with Gasteiger partial charge in [0.1, 0.15) is 25.4 Å². The van der Waals surface area contributed by atoms with Crippen molar-refractivity contribution in [3.8, 4) is 27.7 Å². The number of rotatable bonds is 7. The summed E-state index contributed by atoms with van der Waals surface area (Å²) in [6.45, 7) is 1.37. The van der Waals surface area contributed by atoms with Gasteiger partial charge in [-0.25, -0.2) is 9.97 Å². The number of thiazole rings is 1. The number of hydrogen-bond donors (Lipinski definition) is 2. The van der Waals surface area contributed by atoms with E-state index in [1.165, 1.54) is 6.33 Å². The van der Waals surface area contributed by atoms with Gasteiger partial charge in [-0.05, 0) is 55.8 Å². The third-order valence-electron chi connectivity index (χ3n) is 5.60. The number of ether oxygens (including phenoxy) is 3. The number of benzene rings is 2. The average Bonchev–Trinajstić information content (AvgIpc) is 3.40. The molecule has 0 atom stereocenters. The van der Waals surface area contributed by atoms with E-state index in [-0.39, 0.29) is 6.10 Å². The molecular formula is C24H25N5O3S. The fraction of sp³-hybridized carbons (Fsp3) is 0.292. The molecule has 4 aromatic rings. The SMILES string of the molecule is [2H]N1CCC(Oc2cc3c(Nc4cc(-c5cncs5)ccc4OC)ncnc3cc2OC)CC1. The normalized spacial score (nSPS) is 15.3. The lowest BCUT2D eigenvalue weighted by atomic mass is 10.1. The van der Waals surface area contributed by atoms with Crippen molar-refractivity contribution in [3.05, 3.63) is 48.4 Å². The maximum Gasteiger partial charge on any atom is 0.162 e. The van der Waals surface area contributed by atoms with Gasteiger partial charge in [0.2, 0.25) is 0 Å². The standard InChI is InChI=1S/C24H25N5O3S/c1-30-20-4-3-15(23-12-26-14-33-23)9-19(20)29-24-17-10-22(32-16-5-7-25-8-6-16)21(31-2)11-18(17)27-13-28-24/h3-4,9-14,16,25H,5-8H2,1-2H3,(H,27,28,29)/i/hD. The Balaban J connectivity index is 1.51. The van der Waals surface area contributed by atoms with Gasteiger partial charge in [-0.3, -0.25) is 4.98 Å². The average molecular weight is 465 g/mol. The Kier molecular flexibility index (Phi) is 5.87. The molecule has 0 radical (unpaired) electrons. The maximum atomic E-state index is 7.77. The van der Waals surface area contributed by atoms with Crippen molar-refractivity contribution in [2.24, 2.45) is 0 Å². The van der Waals surface area contributed by atoms with Crippen LogP contribution < -0.4 is 24.8 Å². The molecule has 0 spiro atoms. The van der Waals surface area contributed by atoms with Crippen LogP contribution in [0.2, 0.25) is 1.41 Å². The first-order valence-corrected chi connectivity index (χ1v) is 11.6. The molecule has 2 aromatic carbocycles. The molecule has 3 heterocycles. The number of hydrogen-bond acceptors (Lipinski definition) is 9. The molecule has 1 saturated heterocycles. The summed E-state index contributed by atoms with van der Waals surface area (Å²) in [5.74, 6) is 2.60. The van der Waals surface area contributed by atoms with E-state index in [1.807, 2.05) is 42.0 Å². The van der Waals surface area contributed by atoms with Crippen LogP contribution >= 0.6 is 11.3 Å². The fourth-order valence-electron chi connectivity index (χ4n) is 3.88. The molecule has 8 nitrogen and oxygen atoms in total. The number of nitrogens with zero attached hydrogens (tertiary/aromatic N) is 3. The Morgan fingerprint density at radius 1 is 1.06 bits per heavy atom. The van der Waals surface area contributed by atoms with E-state index in [0.717, 1.165) is 39.9 Å². The van der Waals surface area contributed by atoms with Crippen molar-refractivity contribution in [2.45, 2.75) is 18.9 Å². The summed E-state index contributed by atoms with van der Waals surface area (Å²) in [5.41, 5.74) is 4.37. The van der Waals surface area contributed by atoms with E-state index in [1.54, 1.807) is 30.9 Å². The largest absolute Gasteiger partial charge is 0.495 e. The number of piperidine rings is 1. The van der Waals surface area contributed by atoms with Gasteiger partial charge in [-0.15, -0.1) is 11.3 Å². The van der Waals surface area contributed by atoms with Crippen molar-refractivity contribution < 1.29 is 15.6 Å². The van der Waals surface area contributed by atoms with Crippen LogP contribution in [-0.4, -0.2) is 48.4 Å². The predicted octanol–water partition coefficient (Wildman–Crippen LogP) is 4.64. The molecule has 9 heteroatoms. The summed E-state index contributed by atoms with van der Waals surface area (Å²) in [5, 5.41) is 5.80. The second kappa shape index (κ2) is 9.60.